The van der Waals surface area contributed by atoms with Gasteiger partial charge in [0, 0.05) is 26.2 Å². The predicted octanol–water partition coefficient (Wildman–Crippen LogP) is 1.78. The van der Waals surface area contributed by atoms with Gasteiger partial charge in [-0.15, -0.1) is 0 Å². The van der Waals surface area contributed by atoms with Crippen LogP contribution in [0.15, 0.2) is 6.07 Å². The van der Waals surface area contributed by atoms with Gasteiger partial charge in [0.15, 0.2) is 0 Å². The van der Waals surface area contributed by atoms with E-state index in [4.69, 9.17) is 5.73 Å². The minimum Gasteiger partial charge on any atom is -0.314 e. The highest BCUT2D eigenvalue weighted by Crippen LogP contribution is 2.28. The fourth-order valence-corrected chi connectivity index (χ4v) is 2.83. The molecular weight excluding hydrogens is 222 g/mol. The van der Waals surface area contributed by atoms with Crippen LogP contribution in [0.2, 0.25) is 0 Å². The van der Waals surface area contributed by atoms with Gasteiger partial charge in [0.1, 0.15) is 0 Å². The standard InChI is InChI=1S/C15H25N3/c1-10-9-11(2)13(4)14(12(10)3)15(16)18-7-5-17-6-8-18/h9,15,17H,5-8,16H2,1-4H3. The second-order valence-corrected chi connectivity index (χ2v) is 5.40. The summed E-state index contributed by atoms with van der Waals surface area (Å²) in [6.07, 6.45) is 0.0331. The Morgan fingerprint density at radius 3 is 2.06 bits per heavy atom. The largest absolute Gasteiger partial charge is 0.314 e. The van der Waals surface area contributed by atoms with Crippen LogP contribution >= 0.6 is 0 Å². The van der Waals surface area contributed by atoms with E-state index in [1.165, 1.54) is 27.8 Å². The van der Waals surface area contributed by atoms with Crippen LogP contribution < -0.4 is 11.1 Å². The van der Waals surface area contributed by atoms with Gasteiger partial charge in [-0.3, -0.25) is 4.90 Å². The Morgan fingerprint density at radius 2 is 1.56 bits per heavy atom. The summed E-state index contributed by atoms with van der Waals surface area (Å²) in [5.41, 5.74) is 13.2. The van der Waals surface area contributed by atoms with Crippen molar-refractivity contribution in [2.45, 2.75) is 33.9 Å². The van der Waals surface area contributed by atoms with Gasteiger partial charge in [-0.05, 0) is 55.5 Å². The minimum atomic E-state index is 0.0331. The Balaban J connectivity index is 2.37. The summed E-state index contributed by atoms with van der Waals surface area (Å²) in [6, 6.07) is 2.26. The monoisotopic (exact) mass is 247 g/mol. The van der Waals surface area contributed by atoms with Crippen LogP contribution in [0, 0.1) is 27.7 Å². The summed E-state index contributed by atoms with van der Waals surface area (Å²) in [5.74, 6) is 0. The third-order valence-corrected chi connectivity index (χ3v) is 4.26. The van der Waals surface area contributed by atoms with Crippen molar-refractivity contribution >= 4 is 0 Å². The number of benzene rings is 1. The van der Waals surface area contributed by atoms with Crippen molar-refractivity contribution in [3.8, 4) is 0 Å². The highest BCUT2D eigenvalue weighted by atomic mass is 15.3. The van der Waals surface area contributed by atoms with Gasteiger partial charge in [-0.2, -0.15) is 0 Å². The molecule has 3 heteroatoms. The molecule has 1 fully saturated rings. The molecule has 1 aromatic rings. The first-order chi connectivity index (χ1) is 8.52. The van der Waals surface area contributed by atoms with E-state index in [0.717, 1.165) is 26.2 Å². The fraction of sp³-hybridized carbons (Fsp3) is 0.600. The summed E-state index contributed by atoms with van der Waals surface area (Å²) < 4.78 is 0. The molecule has 1 atom stereocenters. The summed E-state index contributed by atoms with van der Waals surface area (Å²) in [4.78, 5) is 2.38. The van der Waals surface area contributed by atoms with Crippen LogP contribution in [0.25, 0.3) is 0 Å². The molecule has 3 N–H and O–H groups in total. The summed E-state index contributed by atoms with van der Waals surface area (Å²) in [6.45, 7) is 12.9. The fourth-order valence-electron chi connectivity index (χ4n) is 2.83. The normalized spacial score (nSPS) is 18.9. The average molecular weight is 247 g/mol. The molecule has 18 heavy (non-hydrogen) atoms. The smallest absolute Gasteiger partial charge is 0.0841 e. The van der Waals surface area contributed by atoms with Crippen LogP contribution in [0.3, 0.4) is 0 Å². The zero-order chi connectivity index (χ0) is 13.3. The van der Waals surface area contributed by atoms with Crippen LogP contribution in [-0.2, 0) is 0 Å². The SMILES string of the molecule is Cc1cc(C)c(C)c(C(N)N2CCNCC2)c1C. The Kier molecular flexibility index (Phi) is 4.05. The third-order valence-electron chi connectivity index (χ3n) is 4.26. The van der Waals surface area contributed by atoms with Crippen molar-refractivity contribution in [3.05, 3.63) is 33.9 Å². The number of hydrogen-bond donors (Lipinski definition) is 2. The van der Waals surface area contributed by atoms with Gasteiger partial charge in [-0.25, -0.2) is 0 Å². The summed E-state index contributed by atoms with van der Waals surface area (Å²) >= 11 is 0. The maximum atomic E-state index is 6.51. The van der Waals surface area contributed by atoms with Crippen molar-refractivity contribution in [1.82, 2.24) is 10.2 Å². The zero-order valence-corrected chi connectivity index (χ0v) is 12.0. The molecule has 2 rings (SSSR count). The molecule has 3 nitrogen and oxygen atoms in total. The van der Waals surface area contributed by atoms with Gasteiger partial charge >= 0.3 is 0 Å². The van der Waals surface area contributed by atoms with E-state index in [1.54, 1.807) is 0 Å². The van der Waals surface area contributed by atoms with Crippen LogP contribution in [0.1, 0.15) is 34.0 Å². The lowest BCUT2D eigenvalue weighted by molar-refractivity contribution is 0.176. The lowest BCUT2D eigenvalue weighted by Crippen LogP contribution is -2.48. The number of nitrogens with one attached hydrogen (secondary N) is 1. The molecule has 0 spiro atoms. The molecule has 1 aromatic carbocycles. The van der Waals surface area contributed by atoms with Gasteiger partial charge in [-0.1, -0.05) is 6.07 Å². The number of nitrogens with two attached hydrogens (primary N) is 1. The van der Waals surface area contributed by atoms with Crippen molar-refractivity contribution in [1.29, 1.82) is 0 Å². The lowest BCUT2D eigenvalue weighted by atomic mass is 9.92. The molecule has 1 saturated heterocycles. The van der Waals surface area contributed by atoms with Crippen molar-refractivity contribution in [3.63, 3.8) is 0 Å². The number of hydrogen-bond acceptors (Lipinski definition) is 3. The van der Waals surface area contributed by atoms with Gasteiger partial charge in [0.05, 0.1) is 6.17 Å². The highest BCUT2D eigenvalue weighted by molar-refractivity contribution is 5.45. The first-order valence-electron chi connectivity index (χ1n) is 6.80. The maximum Gasteiger partial charge on any atom is 0.0841 e. The number of nitrogens with zero attached hydrogens (tertiary/aromatic N) is 1. The first kappa shape index (κ1) is 13.5. The second kappa shape index (κ2) is 5.39. The van der Waals surface area contributed by atoms with E-state index in [0.29, 0.717) is 0 Å². The number of piperazine rings is 1. The molecule has 0 radical (unpaired) electrons. The number of aryl methyl sites for hydroxylation is 2. The highest BCUT2D eigenvalue weighted by Gasteiger charge is 2.22. The van der Waals surface area contributed by atoms with Crippen molar-refractivity contribution < 1.29 is 0 Å². The van der Waals surface area contributed by atoms with E-state index in [9.17, 15) is 0 Å². The molecule has 0 aromatic heterocycles. The van der Waals surface area contributed by atoms with Crippen molar-refractivity contribution in [2.24, 2.45) is 5.73 Å². The molecule has 100 valence electrons. The molecular formula is C15H25N3. The Bertz CT molecular complexity index is 408. The summed E-state index contributed by atoms with van der Waals surface area (Å²) in [7, 11) is 0. The van der Waals surface area contributed by atoms with Gasteiger partial charge < -0.3 is 11.1 Å². The zero-order valence-electron chi connectivity index (χ0n) is 12.0. The van der Waals surface area contributed by atoms with Crippen LogP contribution in [0.5, 0.6) is 0 Å². The molecule has 0 saturated carbocycles. The van der Waals surface area contributed by atoms with E-state index in [1.807, 2.05) is 0 Å². The van der Waals surface area contributed by atoms with Gasteiger partial charge in [0.2, 0.25) is 0 Å². The second-order valence-electron chi connectivity index (χ2n) is 5.40. The average Bonchev–Trinajstić information content (AvgIpc) is 2.37. The van der Waals surface area contributed by atoms with E-state index < -0.39 is 0 Å². The quantitative estimate of drug-likeness (QED) is 0.837. The topological polar surface area (TPSA) is 41.3 Å². The van der Waals surface area contributed by atoms with Crippen LogP contribution in [-0.4, -0.2) is 31.1 Å². The van der Waals surface area contributed by atoms with Gasteiger partial charge in [0.25, 0.3) is 0 Å². The van der Waals surface area contributed by atoms with E-state index >= 15 is 0 Å². The maximum absolute atomic E-state index is 6.51. The lowest BCUT2D eigenvalue weighted by Gasteiger charge is -2.34. The van der Waals surface area contributed by atoms with E-state index in [2.05, 4.69) is 44.0 Å². The molecule has 0 amide bonds. The molecule has 1 unspecified atom stereocenters. The molecule has 0 bridgehead atoms. The van der Waals surface area contributed by atoms with Crippen molar-refractivity contribution in [2.75, 3.05) is 26.2 Å². The minimum absolute atomic E-state index is 0.0331. The molecule has 1 aliphatic rings. The summed E-state index contributed by atoms with van der Waals surface area (Å²) in [5, 5.41) is 3.38. The van der Waals surface area contributed by atoms with Crippen LogP contribution in [0.4, 0.5) is 0 Å². The Labute approximate surface area is 110 Å². The number of rotatable bonds is 2. The predicted molar refractivity (Wildman–Crippen MR) is 76.8 cm³/mol. The third kappa shape index (κ3) is 2.44. The first-order valence-corrected chi connectivity index (χ1v) is 6.80. The Hall–Kier alpha value is -0.900. The Morgan fingerprint density at radius 1 is 1.06 bits per heavy atom. The molecule has 1 aliphatic heterocycles. The van der Waals surface area contributed by atoms with E-state index in [-0.39, 0.29) is 6.17 Å². The molecule has 0 aliphatic carbocycles. The molecule has 1 heterocycles.